The van der Waals surface area contributed by atoms with Gasteiger partial charge in [0, 0.05) is 23.3 Å². The minimum Gasteiger partial charge on any atom is -0.497 e. The van der Waals surface area contributed by atoms with E-state index in [0.717, 1.165) is 11.3 Å². The van der Waals surface area contributed by atoms with E-state index in [4.69, 9.17) is 18.9 Å². The van der Waals surface area contributed by atoms with Gasteiger partial charge in [-0.2, -0.15) is 5.10 Å². The molecule has 0 fully saturated rings. The van der Waals surface area contributed by atoms with Crippen LogP contribution < -0.4 is 29.9 Å². The molecule has 30 heavy (non-hydrogen) atoms. The number of ether oxygens (including phenoxy) is 4. The van der Waals surface area contributed by atoms with Crippen LogP contribution in [0.1, 0.15) is 5.56 Å². The van der Waals surface area contributed by atoms with E-state index in [9.17, 15) is 4.79 Å². The van der Waals surface area contributed by atoms with Crippen molar-refractivity contribution >= 4 is 12.2 Å². The van der Waals surface area contributed by atoms with E-state index in [1.54, 1.807) is 52.7 Å². The van der Waals surface area contributed by atoms with Gasteiger partial charge in [0.05, 0.1) is 40.3 Å². The average Bonchev–Trinajstić information content (AvgIpc) is 2.78. The molecule has 9 heteroatoms. The van der Waals surface area contributed by atoms with Crippen LogP contribution in [0.5, 0.6) is 23.0 Å². The van der Waals surface area contributed by atoms with Crippen molar-refractivity contribution in [1.29, 1.82) is 0 Å². The zero-order valence-electron chi connectivity index (χ0n) is 17.1. The molecule has 156 valence electrons. The fourth-order valence-electron chi connectivity index (χ4n) is 2.74. The summed E-state index contributed by atoms with van der Waals surface area (Å²) in [6.07, 6.45) is 1.53. The molecular formula is C21H22N4O5. The molecule has 0 bridgehead atoms. The van der Waals surface area contributed by atoms with Crippen LogP contribution in [0.15, 0.2) is 52.4 Å². The summed E-state index contributed by atoms with van der Waals surface area (Å²) in [7, 11) is 6.23. The predicted molar refractivity (Wildman–Crippen MR) is 114 cm³/mol. The van der Waals surface area contributed by atoms with Crippen molar-refractivity contribution in [2.24, 2.45) is 5.10 Å². The van der Waals surface area contributed by atoms with Crippen LogP contribution in [0.4, 0.5) is 5.95 Å². The zero-order valence-corrected chi connectivity index (χ0v) is 17.1. The lowest BCUT2D eigenvalue weighted by Crippen LogP contribution is -2.10. The number of anilines is 1. The van der Waals surface area contributed by atoms with Gasteiger partial charge in [0.2, 0.25) is 5.95 Å². The molecule has 2 aromatic carbocycles. The fourth-order valence-corrected chi connectivity index (χ4v) is 2.74. The molecule has 0 saturated carbocycles. The van der Waals surface area contributed by atoms with Crippen molar-refractivity contribution in [2.45, 2.75) is 0 Å². The van der Waals surface area contributed by atoms with Gasteiger partial charge in [0.15, 0.2) is 11.5 Å². The largest absolute Gasteiger partial charge is 0.497 e. The van der Waals surface area contributed by atoms with Gasteiger partial charge in [-0.3, -0.25) is 9.78 Å². The third kappa shape index (κ3) is 4.69. The van der Waals surface area contributed by atoms with Crippen LogP contribution in [-0.2, 0) is 0 Å². The molecule has 0 aliphatic heterocycles. The molecule has 0 aliphatic carbocycles. The molecule has 9 nitrogen and oxygen atoms in total. The van der Waals surface area contributed by atoms with E-state index in [2.05, 4.69) is 20.5 Å². The smallest absolute Gasteiger partial charge is 0.252 e. The highest BCUT2D eigenvalue weighted by atomic mass is 16.5. The Kier molecular flexibility index (Phi) is 6.53. The van der Waals surface area contributed by atoms with Gasteiger partial charge in [-0.05, 0) is 30.3 Å². The highest BCUT2D eigenvalue weighted by molar-refractivity contribution is 5.85. The molecule has 0 radical (unpaired) electrons. The molecule has 1 heterocycles. The summed E-state index contributed by atoms with van der Waals surface area (Å²) in [5, 5.41) is 4.15. The number of aromatic nitrogens is 2. The summed E-state index contributed by atoms with van der Waals surface area (Å²) < 4.78 is 21.1. The lowest BCUT2D eigenvalue weighted by molar-refractivity contribution is 0.349. The van der Waals surface area contributed by atoms with Gasteiger partial charge >= 0.3 is 0 Å². The topological polar surface area (TPSA) is 107 Å². The number of hydrazone groups is 1. The SMILES string of the molecule is COc1ccc(-c2cc(=O)[nH]c(N/N=C\c3cc(OC)c(OC)cc3OC)n2)cc1. The third-order valence-electron chi connectivity index (χ3n) is 4.24. The third-order valence-corrected chi connectivity index (χ3v) is 4.24. The molecule has 0 amide bonds. The Morgan fingerprint density at radius 2 is 1.57 bits per heavy atom. The molecule has 3 rings (SSSR count). The van der Waals surface area contributed by atoms with E-state index < -0.39 is 0 Å². The fraction of sp³-hybridized carbons (Fsp3) is 0.190. The van der Waals surface area contributed by atoms with Crippen LogP contribution >= 0.6 is 0 Å². The Morgan fingerprint density at radius 3 is 2.20 bits per heavy atom. The van der Waals surface area contributed by atoms with E-state index >= 15 is 0 Å². The van der Waals surface area contributed by atoms with Gasteiger partial charge in [-0.15, -0.1) is 0 Å². The molecule has 1 aromatic heterocycles. The average molecular weight is 410 g/mol. The maximum Gasteiger partial charge on any atom is 0.252 e. The quantitative estimate of drug-likeness (QED) is 0.434. The summed E-state index contributed by atoms with van der Waals surface area (Å²) in [5.41, 5.74) is 4.35. The number of aromatic amines is 1. The van der Waals surface area contributed by atoms with Gasteiger partial charge in [-0.25, -0.2) is 10.4 Å². The monoisotopic (exact) mass is 410 g/mol. The minimum absolute atomic E-state index is 0.198. The zero-order chi connectivity index (χ0) is 21.5. The number of H-pyrrole nitrogens is 1. The summed E-state index contributed by atoms with van der Waals surface area (Å²) in [4.78, 5) is 19.0. The standard InChI is InChI=1S/C21H22N4O5/c1-27-15-7-5-13(6-8-15)16-10-20(26)24-21(23-16)25-22-12-14-9-18(29-3)19(30-4)11-17(14)28-2/h5-12H,1-4H3,(H2,23,24,25,26)/b22-12-. The number of rotatable bonds is 8. The van der Waals surface area contributed by atoms with Crippen molar-refractivity contribution in [3.05, 3.63) is 58.4 Å². The first kappa shape index (κ1) is 20.7. The Morgan fingerprint density at radius 1 is 0.900 bits per heavy atom. The van der Waals surface area contributed by atoms with Gasteiger partial charge in [0.25, 0.3) is 5.56 Å². The molecule has 0 saturated heterocycles. The summed E-state index contributed by atoms with van der Waals surface area (Å²) in [6, 6.07) is 12.1. The molecule has 0 unspecified atom stereocenters. The maximum atomic E-state index is 12.0. The summed E-state index contributed by atoms with van der Waals surface area (Å²) >= 11 is 0. The highest BCUT2D eigenvalue weighted by Gasteiger charge is 2.10. The molecule has 0 aliphatic rings. The van der Waals surface area contributed by atoms with Crippen molar-refractivity contribution in [1.82, 2.24) is 9.97 Å². The van der Waals surface area contributed by atoms with Gasteiger partial charge < -0.3 is 18.9 Å². The molecule has 0 spiro atoms. The number of benzene rings is 2. The van der Waals surface area contributed by atoms with E-state index in [-0.39, 0.29) is 11.5 Å². The first-order valence-electron chi connectivity index (χ1n) is 8.92. The maximum absolute atomic E-state index is 12.0. The first-order valence-corrected chi connectivity index (χ1v) is 8.92. The van der Waals surface area contributed by atoms with Crippen LogP contribution in [0.3, 0.4) is 0 Å². The second kappa shape index (κ2) is 9.46. The molecule has 3 aromatic rings. The van der Waals surface area contributed by atoms with E-state index in [1.165, 1.54) is 12.3 Å². The highest BCUT2D eigenvalue weighted by Crippen LogP contribution is 2.33. The number of hydrogen-bond acceptors (Lipinski definition) is 8. The van der Waals surface area contributed by atoms with E-state index in [1.807, 2.05) is 12.1 Å². The minimum atomic E-state index is -0.308. The lowest BCUT2D eigenvalue weighted by atomic mass is 10.1. The Balaban J connectivity index is 1.84. The van der Waals surface area contributed by atoms with E-state index in [0.29, 0.717) is 28.5 Å². The van der Waals surface area contributed by atoms with Gasteiger partial charge in [-0.1, -0.05) is 0 Å². The molecular weight excluding hydrogens is 388 g/mol. The Hall–Kier alpha value is -4.01. The van der Waals surface area contributed by atoms with Crippen molar-refractivity contribution in [3.8, 4) is 34.3 Å². The number of nitrogens with one attached hydrogen (secondary N) is 2. The number of nitrogens with zero attached hydrogens (tertiary/aromatic N) is 2. The molecule has 2 N–H and O–H groups in total. The van der Waals surface area contributed by atoms with Crippen LogP contribution in [0.2, 0.25) is 0 Å². The Bertz CT molecular complexity index is 1090. The van der Waals surface area contributed by atoms with Crippen LogP contribution in [0, 0.1) is 0 Å². The first-order chi connectivity index (χ1) is 14.6. The summed E-state index contributed by atoms with van der Waals surface area (Å²) in [5.74, 6) is 2.54. The van der Waals surface area contributed by atoms with Gasteiger partial charge in [0.1, 0.15) is 11.5 Å². The number of methoxy groups -OCH3 is 4. The Labute approximate surface area is 173 Å². The second-order valence-electron chi connectivity index (χ2n) is 6.03. The number of hydrogen-bond donors (Lipinski definition) is 2. The van der Waals surface area contributed by atoms with Crippen molar-refractivity contribution in [3.63, 3.8) is 0 Å². The van der Waals surface area contributed by atoms with Crippen LogP contribution in [-0.4, -0.2) is 44.6 Å². The molecule has 0 atom stereocenters. The lowest BCUT2D eigenvalue weighted by Gasteiger charge is -2.11. The predicted octanol–water partition coefficient (Wildman–Crippen LogP) is 2.92. The second-order valence-corrected chi connectivity index (χ2v) is 6.03. The summed E-state index contributed by atoms with van der Waals surface area (Å²) in [6.45, 7) is 0. The van der Waals surface area contributed by atoms with Crippen molar-refractivity contribution < 1.29 is 18.9 Å². The normalized spacial score (nSPS) is 10.7. The van der Waals surface area contributed by atoms with Crippen molar-refractivity contribution in [2.75, 3.05) is 33.9 Å². The van der Waals surface area contributed by atoms with Crippen LogP contribution in [0.25, 0.3) is 11.3 Å².